The van der Waals surface area contributed by atoms with Gasteiger partial charge in [0.25, 0.3) is 0 Å². The van der Waals surface area contributed by atoms with Crippen molar-refractivity contribution in [3.8, 4) is 0 Å². The van der Waals surface area contributed by atoms with Gasteiger partial charge >= 0.3 is 5.97 Å². The Morgan fingerprint density at radius 3 is 2.48 bits per heavy atom. The van der Waals surface area contributed by atoms with Crippen molar-refractivity contribution in [3.05, 3.63) is 35.9 Å². The summed E-state index contributed by atoms with van der Waals surface area (Å²) >= 11 is 0. The third kappa shape index (κ3) is 3.79. The van der Waals surface area contributed by atoms with Crippen LogP contribution in [-0.2, 0) is 19.6 Å². The number of nitrogens with zero attached hydrogens (tertiary/aromatic N) is 1. The Morgan fingerprint density at radius 2 is 1.95 bits per heavy atom. The first-order valence-corrected chi connectivity index (χ1v) is 8.06. The Balaban J connectivity index is 2.04. The molecule has 2 rings (SSSR count). The van der Waals surface area contributed by atoms with Gasteiger partial charge in [0.1, 0.15) is 0 Å². The molecular weight excluding hydrogens is 296 g/mol. The largest absolute Gasteiger partial charge is 0.479 e. The highest BCUT2D eigenvalue weighted by Crippen LogP contribution is 2.15. The molecule has 1 heterocycles. The maximum atomic E-state index is 11.9. The molecule has 1 atom stereocenters. The van der Waals surface area contributed by atoms with Crippen molar-refractivity contribution in [2.45, 2.75) is 12.5 Å². The van der Waals surface area contributed by atoms with Crippen molar-refractivity contribution in [1.29, 1.82) is 0 Å². The number of carbonyl (C=O) groups is 2. The lowest BCUT2D eigenvalue weighted by molar-refractivity contribution is -0.142. The van der Waals surface area contributed by atoms with E-state index >= 15 is 0 Å². The third-order valence-corrected chi connectivity index (χ3v) is 5.11. The van der Waals surface area contributed by atoms with E-state index < -0.39 is 27.9 Å². The lowest BCUT2D eigenvalue weighted by Gasteiger charge is -2.18. The van der Waals surface area contributed by atoms with Crippen LogP contribution >= 0.6 is 0 Å². The highest BCUT2D eigenvalue weighted by atomic mass is 32.2. The first-order valence-electron chi connectivity index (χ1n) is 6.45. The molecule has 1 aromatic rings. The zero-order valence-electron chi connectivity index (χ0n) is 11.2. The topological polar surface area (TPSA) is 104 Å². The zero-order chi connectivity index (χ0) is 15.5. The molecule has 0 aliphatic carbocycles. The van der Waals surface area contributed by atoms with Gasteiger partial charge in [0, 0.05) is 6.54 Å². The van der Waals surface area contributed by atoms with Crippen molar-refractivity contribution in [2.24, 2.45) is 0 Å². The molecule has 0 bridgehead atoms. The highest BCUT2D eigenvalue weighted by molar-refractivity contribution is 7.89. The van der Waals surface area contributed by atoms with Crippen LogP contribution in [-0.4, -0.2) is 48.5 Å². The molecule has 1 aromatic carbocycles. The summed E-state index contributed by atoms with van der Waals surface area (Å²) in [5.74, 6) is -1.79. The molecule has 8 heteroatoms. The first kappa shape index (κ1) is 15.5. The molecule has 1 aliphatic rings. The zero-order valence-corrected chi connectivity index (χ0v) is 12.0. The molecule has 0 aromatic heterocycles. The minimum absolute atomic E-state index is 0.0291. The second-order valence-electron chi connectivity index (χ2n) is 4.75. The number of nitrogens with one attached hydrogen (secondary N) is 1. The van der Waals surface area contributed by atoms with Crippen molar-refractivity contribution >= 4 is 21.9 Å². The van der Waals surface area contributed by atoms with Gasteiger partial charge in [-0.2, -0.15) is 4.31 Å². The van der Waals surface area contributed by atoms with Crippen molar-refractivity contribution < 1.29 is 23.1 Å². The molecular formula is C13H16N2O5S. The van der Waals surface area contributed by atoms with Crippen LogP contribution in [0.25, 0.3) is 0 Å². The average Bonchev–Trinajstić information content (AvgIpc) is 2.76. The van der Waals surface area contributed by atoms with E-state index in [2.05, 4.69) is 5.32 Å². The number of sulfonamides is 1. The minimum Gasteiger partial charge on any atom is -0.479 e. The van der Waals surface area contributed by atoms with E-state index in [-0.39, 0.29) is 12.3 Å². The Bertz CT molecular complexity index is 629. The fraction of sp³-hybridized carbons (Fsp3) is 0.385. The van der Waals surface area contributed by atoms with Gasteiger partial charge in [-0.25, -0.2) is 13.2 Å². The Kier molecular flexibility index (Phi) is 4.59. The maximum absolute atomic E-state index is 11.9. The number of hydrogen-bond acceptors (Lipinski definition) is 4. The second-order valence-corrected chi connectivity index (χ2v) is 6.84. The summed E-state index contributed by atoms with van der Waals surface area (Å²) in [4.78, 5) is 23.1. The summed E-state index contributed by atoms with van der Waals surface area (Å²) in [5, 5.41) is 11.5. The number of rotatable bonds is 5. The van der Waals surface area contributed by atoms with Gasteiger partial charge in [-0.1, -0.05) is 30.3 Å². The van der Waals surface area contributed by atoms with E-state index in [0.717, 1.165) is 4.31 Å². The minimum atomic E-state index is -3.38. The number of hydrogen-bond donors (Lipinski definition) is 2. The summed E-state index contributed by atoms with van der Waals surface area (Å²) in [6.07, 6.45) is 0.483. The SMILES string of the molecule is O=C(CN1CCCS1(=O)=O)NC(C(=O)O)c1ccccc1. The van der Waals surface area contributed by atoms with Gasteiger partial charge < -0.3 is 10.4 Å². The van der Waals surface area contributed by atoms with Crippen LogP contribution in [0.4, 0.5) is 0 Å². The van der Waals surface area contributed by atoms with Crippen LogP contribution in [0.3, 0.4) is 0 Å². The number of benzene rings is 1. The molecule has 1 aliphatic heterocycles. The molecule has 7 nitrogen and oxygen atoms in total. The first-order chi connectivity index (χ1) is 9.90. The molecule has 21 heavy (non-hydrogen) atoms. The summed E-state index contributed by atoms with van der Waals surface area (Å²) in [6, 6.07) is 7.06. The van der Waals surface area contributed by atoms with Crippen molar-refractivity contribution in [3.63, 3.8) is 0 Å². The third-order valence-electron chi connectivity index (χ3n) is 3.21. The quantitative estimate of drug-likeness (QED) is 0.794. The van der Waals surface area contributed by atoms with Gasteiger partial charge in [0.2, 0.25) is 15.9 Å². The standard InChI is InChI=1S/C13H16N2O5S/c16-11(9-15-7-4-8-21(15,19)20)14-12(13(17)18)10-5-2-1-3-6-10/h1-3,5-6,12H,4,7-9H2,(H,14,16)(H,17,18). The molecule has 0 radical (unpaired) electrons. The summed E-state index contributed by atoms with van der Waals surface area (Å²) in [6.45, 7) is -0.0578. The van der Waals surface area contributed by atoms with Crippen LogP contribution in [0.15, 0.2) is 30.3 Å². The summed E-state index contributed by atoms with van der Waals surface area (Å²) in [5.41, 5.74) is 0.433. The van der Waals surface area contributed by atoms with Gasteiger partial charge in [-0.15, -0.1) is 0 Å². The lowest BCUT2D eigenvalue weighted by atomic mass is 10.1. The molecule has 1 amide bonds. The number of amides is 1. The number of carboxylic acid groups (broad SMARTS) is 1. The van der Waals surface area contributed by atoms with Gasteiger partial charge in [-0.3, -0.25) is 4.79 Å². The lowest BCUT2D eigenvalue weighted by Crippen LogP contribution is -2.41. The Morgan fingerprint density at radius 1 is 1.29 bits per heavy atom. The molecule has 1 fully saturated rings. The maximum Gasteiger partial charge on any atom is 0.330 e. The number of carboxylic acids is 1. The average molecular weight is 312 g/mol. The predicted octanol–water partition coefficient (Wildman–Crippen LogP) is -0.0360. The predicted molar refractivity (Wildman–Crippen MR) is 74.9 cm³/mol. The fourth-order valence-corrected chi connectivity index (χ4v) is 3.64. The van der Waals surface area contributed by atoms with E-state index in [1.807, 2.05) is 0 Å². The molecule has 1 saturated heterocycles. The van der Waals surface area contributed by atoms with Crippen LogP contribution in [0.2, 0.25) is 0 Å². The smallest absolute Gasteiger partial charge is 0.330 e. The monoisotopic (exact) mass is 312 g/mol. The van der Waals surface area contributed by atoms with E-state index in [4.69, 9.17) is 0 Å². The van der Waals surface area contributed by atoms with E-state index in [1.165, 1.54) is 0 Å². The van der Waals surface area contributed by atoms with Gasteiger partial charge in [-0.05, 0) is 12.0 Å². The van der Waals surface area contributed by atoms with E-state index in [0.29, 0.717) is 18.5 Å². The molecule has 114 valence electrons. The Hall–Kier alpha value is -1.93. The number of aliphatic carboxylic acids is 1. The van der Waals surface area contributed by atoms with Crippen molar-refractivity contribution in [1.82, 2.24) is 9.62 Å². The van der Waals surface area contributed by atoms with Crippen LogP contribution in [0.1, 0.15) is 18.0 Å². The van der Waals surface area contributed by atoms with Gasteiger partial charge in [0.15, 0.2) is 6.04 Å². The summed E-state index contributed by atoms with van der Waals surface area (Å²) in [7, 11) is -3.38. The molecule has 1 unspecified atom stereocenters. The molecule has 2 N–H and O–H groups in total. The second kappa shape index (κ2) is 6.23. The summed E-state index contributed by atoms with van der Waals surface area (Å²) < 4.78 is 24.3. The van der Waals surface area contributed by atoms with Crippen LogP contribution in [0.5, 0.6) is 0 Å². The van der Waals surface area contributed by atoms with Crippen LogP contribution in [0, 0.1) is 0 Å². The van der Waals surface area contributed by atoms with Gasteiger partial charge in [0.05, 0.1) is 12.3 Å². The fourth-order valence-electron chi connectivity index (χ4n) is 2.17. The van der Waals surface area contributed by atoms with E-state index in [1.54, 1.807) is 30.3 Å². The Labute approximate surface area is 122 Å². The van der Waals surface area contributed by atoms with E-state index in [9.17, 15) is 23.1 Å². The normalized spacial score (nSPS) is 19.0. The molecule has 0 spiro atoms. The van der Waals surface area contributed by atoms with Crippen molar-refractivity contribution in [2.75, 3.05) is 18.8 Å². The van der Waals surface area contributed by atoms with Crippen LogP contribution < -0.4 is 5.32 Å². The molecule has 0 saturated carbocycles. The highest BCUT2D eigenvalue weighted by Gasteiger charge is 2.31. The number of carbonyl (C=O) groups excluding carboxylic acids is 1.